The molecule has 24 heavy (non-hydrogen) atoms. The van der Waals surface area contributed by atoms with E-state index in [1.165, 1.54) is 30.9 Å². The zero-order chi connectivity index (χ0) is 17.3. The molecule has 3 rings (SSSR count). The van der Waals surface area contributed by atoms with Crippen molar-refractivity contribution in [2.24, 2.45) is 0 Å². The van der Waals surface area contributed by atoms with E-state index in [9.17, 15) is 18.0 Å². The molecule has 3 aromatic heterocycles. The molecule has 0 spiro atoms. The predicted octanol–water partition coefficient (Wildman–Crippen LogP) is 2.42. The van der Waals surface area contributed by atoms with Crippen LogP contribution in [-0.4, -0.2) is 32.6 Å². The van der Waals surface area contributed by atoms with Crippen molar-refractivity contribution in [1.29, 1.82) is 0 Å². The lowest BCUT2D eigenvalue weighted by Gasteiger charge is -2.04. The van der Waals surface area contributed by atoms with Crippen LogP contribution in [0.1, 0.15) is 21.3 Å². The normalized spacial score (nSPS) is 11.7. The van der Waals surface area contributed by atoms with Crippen molar-refractivity contribution in [2.75, 3.05) is 7.05 Å². The van der Waals surface area contributed by atoms with Gasteiger partial charge in [-0.2, -0.15) is 18.2 Å². The number of halogens is 3. The lowest BCUT2D eigenvalue weighted by atomic mass is 10.4. The van der Waals surface area contributed by atoms with Crippen LogP contribution >= 0.6 is 11.3 Å². The number of hydrogen-bond donors (Lipinski definition) is 1. The number of thiophene rings is 1. The van der Waals surface area contributed by atoms with Crippen molar-refractivity contribution in [3.05, 3.63) is 41.1 Å². The first-order valence-electron chi connectivity index (χ1n) is 6.60. The average molecular weight is 357 g/mol. The third kappa shape index (κ3) is 3.15. The number of imidazole rings is 1. The van der Waals surface area contributed by atoms with Crippen LogP contribution in [0.5, 0.6) is 0 Å². The predicted molar refractivity (Wildman–Crippen MR) is 77.3 cm³/mol. The Morgan fingerprint density at radius 1 is 1.42 bits per heavy atom. The van der Waals surface area contributed by atoms with Crippen LogP contribution in [0.2, 0.25) is 0 Å². The van der Waals surface area contributed by atoms with Gasteiger partial charge >= 0.3 is 12.1 Å². The summed E-state index contributed by atoms with van der Waals surface area (Å²) in [4.78, 5) is 20.2. The van der Waals surface area contributed by atoms with Crippen molar-refractivity contribution in [2.45, 2.75) is 12.7 Å². The largest absolute Gasteiger partial charge is 0.471 e. The molecule has 7 nitrogen and oxygen atoms in total. The lowest BCUT2D eigenvalue weighted by molar-refractivity contribution is -0.159. The van der Waals surface area contributed by atoms with Gasteiger partial charge < -0.3 is 14.4 Å². The number of carbonyl (C=O) groups is 1. The van der Waals surface area contributed by atoms with Gasteiger partial charge in [0.1, 0.15) is 5.69 Å². The molecule has 0 aromatic carbocycles. The van der Waals surface area contributed by atoms with E-state index in [2.05, 4.69) is 25.0 Å². The molecule has 0 aliphatic carbocycles. The summed E-state index contributed by atoms with van der Waals surface area (Å²) >= 11 is 1.20. The maximum atomic E-state index is 12.5. The second-order valence-corrected chi connectivity index (χ2v) is 5.84. The molecule has 0 bridgehead atoms. The van der Waals surface area contributed by atoms with Crippen molar-refractivity contribution in [1.82, 2.24) is 25.0 Å². The van der Waals surface area contributed by atoms with E-state index in [4.69, 9.17) is 0 Å². The minimum absolute atomic E-state index is 0.129. The Morgan fingerprint density at radius 2 is 2.21 bits per heavy atom. The summed E-state index contributed by atoms with van der Waals surface area (Å²) in [6.45, 7) is 0.345. The van der Waals surface area contributed by atoms with Gasteiger partial charge in [-0.25, -0.2) is 4.98 Å². The Bertz CT molecular complexity index is 867. The number of hydrogen-bond acceptors (Lipinski definition) is 6. The van der Waals surface area contributed by atoms with E-state index >= 15 is 0 Å². The molecule has 1 amide bonds. The highest BCUT2D eigenvalue weighted by Gasteiger charge is 2.38. The molecule has 0 saturated carbocycles. The summed E-state index contributed by atoms with van der Waals surface area (Å²) in [5.74, 6) is -1.79. The summed E-state index contributed by atoms with van der Waals surface area (Å²) in [6.07, 6.45) is -1.74. The van der Waals surface area contributed by atoms with Crippen molar-refractivity contribution in [3.63, 3.8) is 0 Å². The van der Waals surface area contributed by atoms with Crippen LogP contribution in [0.3, 0.4) is 0 Å². The zero-order valence-corrected chi connectivity index (χ0v) is 13.0. The minimum Gasteiger partial charge on any atom is -0.354 e. The van der Waals surface area contributed by atoms with Gasteiger partial charge in [-0.1, -0.05) is 5.16 Å². The monoisotopic (exact) mass is 357 g/mol. The van der Waals surface area contributed by atoms with E-state index in [1.54, 1.807) is 16.7 Å². The number of aromatic nitrogens is 4. The van der Waals surface area contributed by atoms with Crippen molar-refractivity contribution >= 4 is 17.2 Å². The fourth-order valence-electron chi connectivity index (χ4n) is 1.95. The SMILES string of the molecule is CNC(=O)c1cncn1Cc1ccc(-c2noc(C(F)(F)F)n2)s1. The third-order valence-electron chi connectivity index (χ3n) is 3.05. The Hall–Kier alpha value is -2.69. The Morgan fingerprint density at radius 3 is 2.88 bits per heavy atom. The summed E-state index contributed by atoms with van der Waals surface area (Å²) in [7, 11) is 1.51. The van der Waals surface area contributed by atoms with Crippen LogP contribution in [-0.2, 0) is 12.7 Å². The maximum absolute atomic E-state index is 12.5. The van der Waals surface area contributed by atoms with Gasteiger partial charge in [0, 0.05) is 11.9 Å². The smallest absolute Gasteiger partial charge is 0.354 e. The standard InChI is InChI=1S/C13H10F3N5O2S/c1-17-11(22)8-4-18-6-21(8)5-7-2-3-9(24-7)10-19-12(23-20-10)13(14,15)16/h2-4,6H,5H2,1H3,(H,17,22). The maximum Gasteiger partial charge on any atom is 0.471 e. The first-order chi connectivity index (χ1) is 11.4. The number of amides is 1. The van der Waals surface area contributed by atoms with Gasteiger partial charge in [0.15, 0.2) is 0 Å². The molecule has 0 fully saturated rings. The molecular weight excluding hydrogens is 347 g/mol. The lowest BCUT2D eigenvalue weighted by Crippen LogP contribution is -2.21. The fourth-order valence-corrected chi connectivity index (χ4v) is 2.89. The topological polar surface area (TPSA) is 85.8 Å². The highest BCUT2D eigenvalue weighted by atomic mass is 32.1. The van der Waals surface area contributed by atoms with E-state index in [0.29, 0.717) is 17.1 Å². The van der Waals surface area contributed by atoms with Crippen molar-refractivity contribution < 1.29 is 22.5 Å². The van der Waals surface area contributed by atoms with Gasteiger partial charge in [0.2, 0.25) is 5.82 Å². The van der Waals surface area contributed by atoms with Crippen LogP contribution in [0.15, 0.2) is 29.2 Å². The Kier molecular flexibility index (Phi) is 4.09. The summed E-state index contributed by atoms with van der Waals surface area (Å²) < 4.78 is 43.3. The molecule has 0 unspecified atom stereocenters. The molecule has 126 valence electrons. The Labute approximate surface area is 137 Å². The zero-order valence-electron chi connectivity index (χ0n) is 12.2. The average Bonchev–Trinajstić information content (AvgIpc) is 3.25. The van der Waals surface area contributed by atoms with Gasteiger partial charge in [0.05, 0.1) is 23.9 Å². The van der Waals surface area contributed by atoms with E-state index in [-0.39, 0.29) is 11.7 Å². The number of rotatable bonds is 4. The van der Waals surface area contributed by atoms with Crippen molar-refractivity contribution in [3.8, 4) is 10.7 Å². The molecule has 0 saturated heterocycles. The second-order valence-electron chi connectivity index (χ2n) is 4.67. The fraction of sp³-hybridized carbons (Fsp3) is 0.231. The molecule has 1 N–H and O–H groups in total. The number of nitrogens with one attached hydrogen (secondary N) is 1. The molecule has 11 heteroatoms. The van der Waals surface area contributed by atoms with E-state index < -0.39 is 12.1 Å². The molecule has 0 aliphatic heterocycles. The molecular formula is C13H10F3N5O2S. The van der Waals surface area contributed by atoms with Crippen LogP contribution in [0.4, 0.5) is 13.2 Å². The quantitative estimate of drug-likeness (QED) is 0.775. The number of nitrogens with zero attached hydrogens (tertiary/aromatic N) is 4. The number of alkyl halides is 3. The Balaban J connectivity index is 1.80. The third-order valence-corrected chi connectivity index (χ3v) is 4.11. The molecule has 0 atom stereocenters. The highest BCUT2D eigenvalue weighted by Crippen LogP contribution is 2.31. The second kappa shape index (κ2) is 6.07. The first kappa shape index (κ1) is 16.2. The first-order valence-corrected chi connectivity index (χ1v) is 7.42. The van der Waals surface area contributed by atoms with Gasteiger partial charge in [0.25, 0.3) is 5.91 Å². The highest BCUT2D eigenvalue weighted by molar-refractivity contribution is 7.15. The molecule has 3 aromatic rings. The summed E-state index contributed by atoms with van der Waals surface area (Å²) in [6, 6.07) is 3.32. The summed E-state index contributed by atoms with van der Waals surface area (Å²) in [5, 5.41) is 5.85. The van der Waals surface area contributed by atoms with E-state index in [1.807, 2.05) is 0 Å². The minimum atomic E-state index is -4.68. The van der Waals surface area contributed by atoms with Gasteiger partial charge in [-0.3, -0.25) is 4.79 Å². The van der Waals surface area contributed by atoms with Crippen LogP contribution < -0.4 is 5.32 Å². The van der Waals surface area contributed by atoms with Crippen LogP contribution in [0.25, 0.3) is 10.7 Å². The van der Waals surface area contributed by atoms with Gasteiger partial charge in [-0.05, 0) is 12.1 Å². The molecule has 0 aliphatic rings. The van der Waals surface area contributed by atoms with Gasteiger partial charge in [-0.15, -0.1) is 11.3 Å². The number of carbonyl (C=O) groups excluding carboxylic acids is 1. The molecule has 0 radical (unpaired) electrons. The van der Waals surface area contributed by atoms with Crippen LogP contribution in [0, 0.1) is 0 Å². The van der Waals surface area contributed by atoms with E-state index in [0.717, 1.165) is 4.88 Å². The molecule has 3 heterocycles. The summed E-state index contributed by atoms with van der Waals surface area (Å²) in [5.41, 5.74) is 0.381.